The largest absolute Gasteiger partial charge is 0.492 e. The molecule has 3 heterocycles. The second-order valence-electron chi connectivity index (χ2n) is 9.32. The third-order valence-corrected chi connectivity index (χ3v) is 8.86. The van der Waals surface area contributed by atoms with Crippen molar-refractivity contribution in [3.05, 3.63) is 36.4 Å². The smallest absolute Gasteiger partial charge is 0.208 e. The summed E-state index contributed by atoms with van der Waals surface area (Å²) >= 11 is 0. The van der Waals surface area contributed by atoms with E-state index in [-0.39, 0.29) is 0 Å². The van der Waals surface area contributed by atoms with Crippen LogP contribution in [0.25, 0.3) is 11.1 Å². The van der Waals surface area contributed by atoms with E-state index in [1.165, 1.54) is 38.5 Å². The molecule has 178 valence electrons. The molecule has 5 rings (SSSR count). The highest BCUT2D eigenvalue weighted by molar-refractivity contribution is 7.92. The summed E-state index contributed by atoms with van der Waals surface area (Å²) in [6.45, 7) is 7.39. The molecular weight excluding hydrogens is 436 g/mol. The molecular formula is C26H34N2O4S. The molecule has 0 amide bonds. The maximum atomic E-state index is 13.3. The quantitative estimate of drug-likeness (QED) is 0.491. The highest BCUT2D eigenvalue weighted by atomic mass is 32.2. The van der Waals surface area contributed by atoms with Crippen molar-refractivity contribution in [3.8, 4) is 22.6 Å². The molecule has 7 heteroatoms. The number of likely N-dealkylation sites (tertiary alicyclic amines) is 2. The van der Waals surface area contributed by atoms with Crippen LogP contribution < -0.4 is 9.47 Å². The lowest BCUT2D eigenvalue weighted by Crippen LogP contribution is -2.33. The van der Waals surface area contributed by atoms with Gasteiger partial charge in [0.1, 0.15) is 24.7 Å². The van der Waals surface area contributed by atoms with E-state index in [0.29, 0.717) is 34.5 Å². The highest BCUT2D eigenvalue weighted by Gasteiger charge is 2.33. The summed E-state index contributed by atoms with van der Waals surface area (Å²) in [5.41, 5.74) is 1.49. The predicted molar refractivity (Wildman–Crippen MR) is 129 cm³/mol. The van der Waals surface area contributed by atoms with Gasteiger partial charge < -0.3 is 9.47 Å². The summed E-state index contributed by atoms with van der Waals surface area (Å²) in [5, 5.41) is 0. The van der Waals surface area contributed by atoms with E-state index in [2.05, 4.69) is 9.80 Å². The number of hydrogen-bond acceptors (Lipinski definition) is 6. The minimum Gasteiger partial charge on any atom is -0.492 e. The maximum Gasteiger partial charge on any atom is 0.208 e. The first-order valence-corrected chi connectivity index (χ1v) is 13.8. The summed E-state index contributed by atoms with van der Waals surface area (Å²) in [4.78, 5) is 5.49. The molecule has 0 atom stereocenters. The lowest BCUT2D eigenvalue weighted by Gasteiger charge is -2.26. The summed E-state index contributed by atoms with van der Waals surface area (Å²) < 4.78 is 38.4. The Morgan fingerprint density at radius 2 is 1.06 bits per heavy atom. The van der Waals surface area contributed by atoms with E-state index in [4.69, 9.17) is 9.47 Å². The summed E-state index contributed by atoms with van der Waals surface area (Å²) in [7, 11) is -3.58. The summed E-state index contributed by atoms with van der Waals surface area (Å²) in [5.74, 6) is 1.22. The van der Waals surface area contributed by atoms with Gasteiger partial charge in [0.2, 0.25) is 9.84 Å². The Kier molecular flexibility index (Phi) is 6.90. The Bertz CT molecular complexity index is 994. The normalized spacial score (nSPS) is 20.2. The Labute approximate surface area is 197 Å². The van der Waals surface area contributed by atoms with Gasteiger partial charge in [0, 0.05) is 24.2 Å². The molecule has 0 unspecified atom stereocenters. The van der Waals surface area contributed by atoms with Gasteiger partial charge in [-0.3, -0.25) is 9.80 Å². The summed E-state index contributed by atoms with van der Waals surface area (Å²) in [6, 6.07) is 10.8. The first kappa shape index (κ1) is 22.7. The van der Waals surface area contributed by atoms with Gasteiger partial charge in [0.15, 0.2) is 0 Å². The minimum atomic E-state index is -3.58. The van der Waals surface area contributed by atoms with Crippen molar-refractivity contribution in [3.63, 3.8) is 0 Å². The van der Waals surface area contributed by atoms with Gasteiger partial charge in [-0.05, 0) is 88.3 Å². The number of nitrogens with zero attached hydrogens (tertiary/aromatic N) is 2. The Morgan fingerprint density at radius 3 is 1.48 bits per heavy atom. The van der Waals surface area contributed by atoms with Crippen LogP contribution in [0, 0.1) is 0 Å². The van der Waals surface area contributed by atoms with E-state index in [0.717, 1.165) is 50.4 Å². The van der Waals surface area contributed by atoms with Gasteiger partial charge in [-0.15, -0.1) is 0 Å². The molecule has 33 heavy (non-hydrogen) atoms. The van der Waals surface area contributed by atoms with Crippen LogP contribution in [0.3, 0.4) is 0 Å². The van der Waals surface area contributed by atoms with Crippen LogP contribution in [0.15, 0.2) is 46.2 Å². The molecule has 2 saturated heterocycles. The molecule has 0 radical (unpaired) electrons. The van der Waals surface area contributed by atoms with Gasteiger partial charge in [-0.1, -0.05) is 12.8 Å². The number of fused-ring (bicyclic) bond motifs is 3. The molecule has 0 N–H and O–H groups in total. The van der Waals surface area contributed by atoms with Crippen molar-refractivity contribution in [2.75, 3.05) is 52.5 Å². The fourth-order valence-corrected chi connectivity index (χ4v) is 6.86. The van der Waals surface area contributed by atoms with Gasteiger partial charge in [-0.25, -0.2) is 8.42 Å². The van der Waals surface area contributed by atoms with Crippen LogP contribution in [0.4, 0.5) is 0 Å². The van der Waals surface area contributed by atoms with Crippen molar-refractivity contribution in [1.82, 2.24) is 9.80 Å². The lowest BCUT2D eigenvalue weighted by molar-refractivity contribution is 0.183. The van der Waals surface area contributed by atoms with Gasteiger partial charge in [0.25, 0.3) is 0 Å². The van der Waals surface area contributed by atoms with E-state index in [1.807, 2.05) is 24.3 Å². The number of benzene rings is 2. The highest BCUT2D eigenvalue weighted by Crippen LogP contribution is 2.45. The zero-order chi connectivity index (χ0) is 22.7. The monoisotopic (exact) mass is 470 g/mol. The zero-order valence-corrected chi connectivity index (χ0v) is 20.1. The lowest BCUT2D eigenvalue weighted by atomic mass is 10.1. The predicted octanol–water partition coefficient (Wildman–Crippen LogP) is 4.23. The number of piperidine rings is 2. The van der Waals surface area contributed by atoms with Crippen LogP contribution in [-0.4, -0.2) is 70.7 Å². The third-order valence-electron chi connectivity index (χ3n) is 7.03. The molecule has 0 aromatic heterocycles. The second kappa shape index (κ2) is 10.0. The Hall–Kier alpha value is -2.09. The zero-order valence-electron chi connectivity index (χ0n) is 19.3. The van der Waals surface area contributed by atoms with E-state index < -0.39 is 9.84 Å². The topological polar surface area (TPSA) is 59.1 Å². The van der Waals surface area contributed by atoms with Gasteiger partial charge >= 0.3 is 0 Å². The van der Waals surface area contributed by atoms with E-state index in [1.54, 1.807) is 12.1 Å². The molecule has 2 aromatic carbocycles. The van der Waals surface area contributed by atoms with E-state index >= 15 is 0 Å². The number of hydrogen-bond donors (Lipinski definition) is 0. The second-order valence-corrected chi connectivity index (χ2v) is 11.2. The van der Waals surface area contributed by atoms with Crippen molar-refractivity contribution in [1.29, 1.82) is 0 Å². The first-order valence-electron chi connectivity index (χ1n) is 12.4. The molecule has 2 aromatic rings. The third kappa shape index (κ3) is 5.05. The van der Waals surface area contributed by atoms with Crippen molar-refractivity contribution < 1.29 is 17.9 Å². The van der Waals surface area contributed by atoms with Crippen molar-refractivity contribution in [2.45, 2.75) is 48.3 Å². The van der Waals surface area contributed by atoms with Crippen LogP contribution in [0.1, 0.15) is 38.5 Å². The van der Waals surface area contributed by atoms with Crippen LogP contribution in [-0.2, 0) is 9.84 Å². The molecule has 6 nitrogen and oxygen atoms in total. The molecule has 0 aliphatic carbocycles. The Balaban J connectivity index is 1.23. The fraction of sp³-hybridized carbons (Fsp3) is 0.538. The molecule has 0 saturated carbocycles. The molecule has 0 spiro atoms. The van der Waals surface area contributed by atoms with Crippen LogP contribution >= 0.6 is 0 Å². The number of rotatable bonds is 8. The average molecular weight is 471 g/mol. The molecule has 2 fully saturated rings. The van der Waals surface area contributed by atoms with Crippen LogP contribution in [0.2, 0.25) is 0 Å². The fourth-order valence-electron chi connectivity index (χ4n) is 5.14. The van der Waals surface area contributed by atoms with Gasteiger partial charge in [0.05, 0.1) is 9.79 Å². The summed E-state index contributed by atoms with van der Waals surface area (Å²) in [6.07, 6.45) is 7.62. The number of ether oxygens (including phenoxy) is 2. The number of sulfone groups is 1. The van der Waals surface area contributed by atoms with Crippen LogP contribution in [0.5, 0.6) is 11.5 Å². The first-order chi connectivity index (χ1) is 16.1. The van der Waals surface area contributed by atoms with Crippen molar-refractivity contribution in [2.24, 2.45) is 0 Å². The van der Waals surface area contributed by atoms with Gasteiger partial charge in [-0.2, -0.15) is 0 Å². The Morgan fingerprint density at radius 1 is 0.636 bits per heavy atom. The molecule has 0 bridgehead atoms. The standard InChI is InChI=1S/C26H34N2O4S/c29-33(30)25-19-21(31-17-15-27-11-3-1-4-12-27)7-9-23(25)24-10-8-22(20-26(24)33)32-18-16-28-13-5-2-6-14-28/h7-10,19-20H,1-6,11-18H2. The van der Waals surface area contributed by atoms with E-state index in [9.17, 15) is 8.42 Å². The maximum absolute atomic E-state index is 13.3. The van der Waals surface area contributed by atoms with Crippen molar-refractivity contribution >= 4 is 9.84 Å². The molecule has 3 aliphatic rings. The SMILES string of the molecule is O=S1(=O)c2cc(OCCN3CCCCC3)ccc2-c2ccc(OCCN3CCCCC3)cc21. The minimum absolute atomic E-state index is 0.332. The molecule has 3 aliphatic heterocycles. The average Bonchev–Trinajstić information content (AvgIpc) is 3.07.